The Kier molecular flexibility index (Phi) is 15.7. The number of rotatable bonds is 20. The van der Waals surface area contributed by atoms with E-state index in [1.54, 1.807) is 0 Å². The molecule has 2 aromatic carbocycles. The monoisotopic (exact) mass is 508 g/mol. The van der Waals surface area contributed by atoms with Crippen LogP contribution in [0, 0.1) is 5.92 Å². The summed E-state index contributed by atoms with van der Waals surface area (Å²) in [6.45, 7) is 10.5. The van der Waals surface area contributed by atoms with Gasteiger partial charge in [0.15, 0.2) is 0 Å². The fourth-order valence-corrected chi connectivity index (χ4v) is 7.87. The van der Waals surface area contributed by atoms with Gasteiger partial charge in [0.1, 0.15) is 0 Å². The Balaban J connectivity index is 2.00. The molecule has 0 amide bonds. The van der Waals surface area contributed by atoms with Crippen LogP contribution in [0.4, 0.5) is 0 Å². The normalized spacial score (nSPS) is 12.4. The third-order valence-corrected chi connectivity index (χ3v) is 10.4. The molecule has 0 heterocycles. The predicted molar refractivity (Wildman–Crippen MR) is 159 cm³/mol. The molecule has 0 spiro atoms. The zero-order chi connectivity index (χ0) is 25.9. The summed E-state index contributed by atoms with van der Waals surface area (Å²) >= 11 is 0. The van der Waals surface area contributed by atoms with Crippen LogP contribution < -0.4 is 10.4 Å². The fraction of sp³-hybridized carbons (Fsp3) is 0.576. The summed E-state index contributed by atoms with van der Waals surface area (Å²) < 4.78 is 13.7. The summed E-state index contributed by atoms with van der Waals surface area (Å²) in [5.41, 5.74) is 1.41. The number of unbranched alkanes of at least 4 members (excludes halogenated alkanes) is 8. The van der Waals surface area contributed by atoms with Crippen molar-refractivity contribution in [1.29, 1.82) is 0 Å². The standard InChI is InChI=1S/C33H52O2Si/c1-5-6-7-8-9-10-11-12-19-28-34-36(32-23-15-13-16-24-32,33-25-17-14-18-26-33)35-29-27-31(4)22-20-21-30(2)3/h13-18,21,23-26,31H,5-12,19-20,22,27-29H2,1-4H3. The zero-order valence-corrected chi connectivity index (χ0v) is 24.6. The Bertz CT molecular complexity index is 775. The maximum absolute atomic E-state index is 6.88. The average Bonchev–Trinajstić information content (AvgIpc) is 2.89. The molecule has 0 aliphatic rings. The summed E-state index contributed by atoms with van der Waals surface area (Å²) in [6.07, 6.45) is 17.6. The smallest absolute Gasteiger partial charge is 0.388 e. The quantitative estimate of drug-likeness (QED) is 0.101. The lowest BCUT2D eigenvalue weighted by Crippen LogP contribution is -2.63. The highest BCUT2D eigenvalue weighted by Crippen LogP contribution is 2.17. The molecule has 2 rings (SSSR count). The highest BCUT2D eigenvalue weighted by molar-refractivity contribution is 6.92. The van der Waals surface area contributed by atoms with E-state index in [0.29, 0.717) is 5.92 Å². The van der Waals surface area contributed by atoms with Crippen molar-refractivity contribution in [3.8, 4) is 0 Å². The first-order valence-electron chi connectivity index (χ1n) is 14.6. The Hall–Kier alpha value is -1.68. The molecular formula is C33H52O2Si. The summed E-state index contributed by atoms with van der Waals surface area (Å²) in [5.74, 6) is 0.635. The lowest BCUT2D eigenvalue weighted by atomic mass is 10.0. The Morgan fingerprint density at radius 3 is 1.72 bits per heavy atom. The van der Waals surface area contributed by atoms with Crippen LogP contribution in [-0.4, -0.2) is 21.8 Å². The molecule has 0 aliphatic heterocycles. The lowest BCUT2D eigenvalue weighted by molar-refractivity contribution is 0.177. The second-order valence-electron chi connectivity index (χ2n) is 10.6. The van der Waals surface area contributed by atoms with Crippen molar-refractivity contribution in [2.24, 2.45) is 5.92 Å². The molecule has 1 unspecified atom stereocenters. The van der Waals surface area contributed by atoms with Crippen molar-refractivity contribution in [3.63, 3.8) is 0 Å². The second-order valence-corrected chi connectivity index (χ2v) is 13.6. The van der Waals surface area contributed by atoms with E-state index in [1.807, 2.05) is 0 Å². The molecule has 0 radical (unpaired) electrons. The van der Waals surface area contributed by atoms with E-state index in [4.69, 9.17) is 8.85 Å². The van der Waals surface area contributed by atoms with Gasteiger partial charge in [-0.25, -0.2) is 0 Å². The van der Waals surface area contributed by atoms with E-state index in [-0.39, 0.29) is 0 Å². The van der Waals surface area contributed by atoms with Crippen LogP contribution in [-0.2, 0) is 8.85 Å². The first kappa shape index (κ1) is 30.5. The van der Waals surface area contributed by atoms with E-state index < -0.39 is 8.56 Å². The molecule has 2 nitrogen and oxygen atoms in total. The van der Waals surface area contributed by atoms with Gasteiger partial charge in [-0.3, -0.25) is 0 Å². The number of hydrogen-bond donors (Lipinski definition) is 0. The van der Waals surface area contributed by atoms with E-state index in [2.05, 4.69) is 94.4 Å². The van der Waals surface area contributed by atoms with Crippen LogP contribution in [0.25, 0.3) is 0 Å². The van der Waals surface area contributed by atoms with Gasteiger partial charge in [-0.15, -0.1) is 0 Å². The third kappa shape index (κ3) is 11.6. The molecule has 3 heteroatoms. The van der Waals surface area contributed by atoms with Crippen molar-refractivity contribution in [2.75, 3.05) is 13.2 Å². The van der Waals surface area contributed by atoms with Crippen LogP contribution >= 0.6 is 0 Å². The van der Waals surface area contributed by atoms with Crippen molar-refractivity contribution in [3.05, 3.63) is 72.3 Å². The van der Waals surface area contributed by atoms with E-state index >= 15 is 0 Å². The van der Waals surface area contributed by atoms with Crippen LogP contribution in [0.1, 0.15) is 105 Å². The van der Waals surface area contributed by atoms with Gasteiger partial charge in [-0.1, -0.05) is 138 Å². The molecule has 1 atom stereocenters. The van der Waals surface area contributed by atoms with Crippen molar-refractivity contribution >= 4 is 18.9 Å². The summed E-state index contributed by atoms with van der Waals surface area (Å²) in [7, 11) is -2.77. The van der Waals surface area contributed by atoms with Gasteiger partial charge in [-0.05, 0) is 55.8 Å². The van der Waals surface area contributed by atoms with Crippen LogP contribution in [0.5, 0.6) is 0 Å². The molecule has 0 aromatic heterocycles. The maximum atomic E-state index is 6.88. The van der Waals surface area contributed by atoms with Crippen LogP contribution in [0.3, 0.4) is 0 Å². The Morgan fingerprint density at radius 1 is 0.694 bits per heavy atom. The van der Waals surface area contributed by atoms with Gasteiger partial charge in [0.2, 0.25) is 0 Å². The van der Waals surface area contributed by atoms with E-state index in [0.717, 1.165) is 32.5 Å². The zero-order valence-electron chi connectivity index (χ0n) is 23.6. The van der Waals surface area contributed by atoms with Crippen LogP contribution in [0.15, 0.2) is 72.3 Å². The van der Waals surface area contributed by atoms with Crippen molar-refractivity contribution < 1.29 is 8.85 Å². The average molecular weight is 509 g/mol. The third-order valence-electron chi connectivity index (χ3n) is 6.99. The van der Waals surface area contributed by atoms with E-state index in [1.165, 1.54) is 73.7 Å². The summed E-state index contributed by atoms with van der Waals surface area (Å²) in [5, 5.41) is 2.42. The minimum absolute atomic E-state index is 0.635. The maximum Gasteiger partial charge on any atom is 0.407 e. The highest BCUT2D eigenvalue weighted by Gasteiger charge is 2.42. The SMILES string of the molecule is CCCCCCCCCCCO[Si](OCCC(C)CCC=C(C)C)(c1ccccc1)c1ccccc1. The number of allylic oxidation sites excluding steroid dienone is 2. The van der Waals surface area contributed by atoms with Gasteiger partial charge >= 0.3 is 8.56 Å². The molecule has 0 bridgehead atoms. The molecule has 0 saturated carbocycles. The van der Waals surface area contributed by atoms with Gasteiger partial charge in [0.25, 0.3) is 0 Å². The van der Waals surface area contributed by atoms with Gasteiger partial charge in [-0.2, -0.15) is 0 Å². The Morgan fingerprint density at radius 2 is 1.19 bits per heavy atom. The molecule has 0 N–H and O–H groups in total. The molecule has 0 saturated heterocycles. The number of hydrogen-bond acceptors (Lipinski definition) is 2. The van der Waals surface area contributed by atoms with Gasteiger partial charge in [0.05, 0.1) is 0 Å². The first-order valence-corrected chi connectivity index (χ1v) is 16.4. The van der Waals surface area contributed by atoms with Gasteiger partial charge < -0.3 is 8.85 Å². The van der Waals surface area contributed by atoms with Crippen LogP contribution in [0.2, 0.25) is 0 Å². The fourth-order valence-electron chi connectivity index (χ4n) is 4.69. The predicted octanol–water partition coefficient (Wildman–Crippen LogP) is 8.58. The molecule has 200 valence electrons. The summed E-state index contributed by atoms with van der Waals surface area (Å²) in [4.78, 5) is 0. The molecule has 36 heavy (non-hydrogen) atoms. The number of benzene rings is 2. The summed E-state index contributed by atoms with van der Waals surface area (Å²) in [6, 6.07) is 21.4. The molecular weight excluding hydrogens is 456 g/mol. The minimum Gasteiger partial charge on any atom is -0.388 e. The van der Waals surface area contributed by atoms with Crippen molar-refractivity contribution in [2.45, 2.75) is 105 Å². The molecule has 2 aromatic rings. The first-order chi connectivity index (χ1) is 17.6. The second kappa shape index (κ2) is 18.5. The van der Waals surface area contributed by atoms with E-state index in [9.17, 15) is 0 Å². The lowest BCUT2D eigenvalue weighted by Gasteiger charge is -2.32. The Labute approximate surface area is 223 Å². The minimum atomic E-state index is -2.77. The largest absolute Gasteiger partial charge is 0.407 e. The van der Waals surface area contributed by atoms with Crippen molar-refractivity contribution in [1.82, 2.24) is 0 Å². The molecule has 0 aliphatic carbocycles. The van der Waals surface area contributed by atoms with Gasteiger partial charge in [0, 0.05) is 13.2 Å². The molecule has 0 fully saturated rings. The highest BCUT2D eigenvalue weighted by atomic mass is 28.4. The topological polar surface area (TPSA) is 18.5 Å².